The maximum absolute atomic E-state index is 12.8. The molecule has 7 heteroatoms. The number of carbonyl (C=O) groups is 2. The van der Waals surface area contributed by atoms with Crippen molar-refractivity contribution >= 4 is 11.8 Å². The molecular weight excluding hydrogens is 366 g/mol. The van der Waals surface area contributed by atoms with Crippen molar-refractivity contribution in [1.29, 1.82) is 0 Å². The van der Waals surface area contributed by atoms with Crippen molar-refractivity contribution in [1.82, 2.24) is 24.6 Å². The normalized spacial score (nSPS) is 16.6. The SMILES string of the molecule is Cn1nc(CCC(=O)N2CCCCC2)c2c1CCN(C(=O)Cc1cccnc1)C2. The van der Waals surface area contributed by atoms with Crippen molar-refractivity contribution < 1.29 is 9.59 Å². The van der Waals surface area contributed by atoms with Crippen LogP contribution in [0.3, 0.4) is 0 Å². The second kappa shape index (κ2) is 8.76. The maximum atomic E-state index is 12.8. The van der Waals surface area contributed by atoms with Gasteiger partial charge in [-0.1, -0.05) is 6.07 Å². The molecule has 2 aromatic heterocycles. The van der Waals surface area contributed by atoms with Crippen LogP contribution in [0.4, 0.5) is 0 Å². The third-order valence-electron chi connectivity index (χ3n) is 6.04. The lowest BCUT2D eigenvalue weighted by Gasteiger charge is -2.28. The van der Waals surface area contributed by atoms with Gasteiger partial charge in [0.1, 0.15) is 0 Å². The number of pyridine rings is 1. The molecule has 0 saturated carbocycles. The fourth-order valence-corrected chi connectivity index (χ4v) is 4.40. The Hall–Kier alpha value is -2.70. The topological polar surface area (TPSA) is 71.3 Å². The van der Waals surface area contributed by atoms with E-state index in [9.17, 15) is 9.59 Å². The quantitative estimate of drug-likeness (QED) is 0.775. The van der Waals surface area contributed by atoms with Gasteiger partial charge in [-0.05, 0) is 30.9 Å². The van der Waals surface area contributed by atoms with E-state index in [0.29, 0.717) is 32.4 Å². The summed E-state index contributed by atoms with van der Waals surface area (Å²) < 4.78 is 1.93. The number of carbonyl (C=O) groups excluding carboxylic acids is 2. The number of likely N-dealkylation sites (tertiary alicyclic amines) is 1. The molecule has 4 heterocycles. The summed E-state index contributed by atoms with van der Waals surface area (Å²) in [6.07, 6.45) is 9.21. The summed E-state index contributed by atoms with van der Waals surface area (Å²) in [5.74, 6) is 0.340. The van der Waals surface area contributed by atoms with E-state index in [1.54, 1.807) is 12.4 Å². The number of aromatic nitrogens is 3. The molecular formula is C22H29N5O2. The molecule has 0 bridgehead atoms. The Morgan fingerprint density at radius 1 is 1.07 bits per heavy atom. The van der Waals surface area contributed by atoms with Crippen LogP contribution in [-0.2, 0) is 42.4 Å². The highest BCUT2D eigenvalue weighted by Gasteiger charge is 2.27. The molecule has 1 fully saturated rings. The Morgan fingerprint density at radius 3 is 2.66 bits per heavy atom. The highest BCUT2D eigenvalue weighted by molar-refractivity contribution is 5.79. The van der Waals surface area contributed by atoms with Crippen LogP contribution in [-0.4, -0.2) is 56.0 Å². The first-order valence-corrected chi connectivity index (χ1v) is 10.6. The number of amides is 2. The number of nitrogens with zero attached hydrogens (tertiary/aromatic N) is 5. The predicted octanol–water partition coefficient (Wildman–Crippen LogP) is 1.89. The fourth-order valence-electron chi connectivity index (χ4n) is 4.40. The van der Waals surface area contributed by atoms with Crippen molar-refractivity contribution in [3.8, 4) is 0 Å². The predicted molar refractivity (Wildman–Crippen MR) is 109 cm³/mol. The molecule has 4 rings (SSSR count). The maximum Gasteiger partial charge on any atom is 0.227 e. The molecule has 0 aromatic carbocycles. The Bertz CT molecular complexity index is 871. The van der Waals surface area contributed by atoms with Crippen LogP contribution in [0.15, 0.2) is 24.5 Å². The summed E-state index contributed by atoms with van der Waals surface area (Å²) >= 11 is 0. The van der Waals surface area contributed by atoms with Gasteiger partial charge in [0.2, 0.25) is 11.8 Å². The van der Waals surface area contributed by atoms with Crippen LogP contribution in [0.1, 0.15) is 48.2 Å². The Labute approximate surface area is 171 Å². The number of piperidine rings is 1. The molecule has 0 aliphatic carbocycles. The summed E-state index contributed by atoms with van der Waals surface area (Å²) in [6.45, 7) is 3.05. The lowest BCUT2D eigenvalue weighted by Crippen LogP contribution is -2.37. The average Bonchev–Trinajstić information content (AvgIpc) is 3.08. The Kier molecular flexibility index (Phi) is 5.92. The lowest BCUT2D eigenvalue weighted by molar-refractivity contribution is -0.132. The molecule has 0 atom stereocenters. The van der Waals surface area contributed by atoms with E-state index in [0.717, 1.165) is 49.2 Å². The summed E-state index contributed by atoms with van der Waals surface area (Å²) in [4.78, 5) is 33.3. The van der Waals surface area contributed by atoms with E-state index >= 15 is 0 Å². The highest BCUT2D eigenvalue weighted by atomic mass is 16.2. The van der Waals surface area contributed by atoms with Crippen LogP contribution in [0.2, 0.25) is 0 Å². The third-order valence-corrected chi connectivity index (χ3v) is 6.04. The van der Waals surface area contributed by atoms with Gasteiger partial charge >= 0.3 is 0 Å². The van der Waals surface area contributed by atoms with Gasteiger partial charge in [-0.15, -0.1) is 0 Å². The average molecular weight is 396 g/mol. The second-order valence-corrected chi connectivity index (χ2v) is 8.04. The lowest BCUT2D eigenvalue weighted by atomic mass is 10.0. The van der Waals surface area contributed by atoms with Crippen molar-refractivity contribution in [2.24, 2.45) is 7.05 Å². The molecule has 1 saturated heterocycles. The van der Waals surface area contributed by atoms with Gasteiger partial charge in [0.15, 0.2) is 0 Å². The summed E-state index contributed by atoms with van der Waals surface area (Å²) in [6, 6.07) is 3.79. The summed E-state index contributed by atoms with van der Waals surface area (Å²) in [5, 5.41) is 4.69. The third kappa shape index (κ3) is 4.49. The van der Waals surface area contributed by atoms with E-state index in [-0.39, 0.29) is 11.8 Å². The van der Waals surface area contributed by atoms with Gasteiger partial charge in [-0.25, -0.2) is 0 Å². The molecule has 2 aliphatic rings. The van der Waals surface area contributed by atoms with Gasteiger partial charge in [0.05, 0.1) is 12.1 Å². The Morgan fingerprint density at radius 2 is 1.90 bits per heavy atom. The van der Waals surface area contributed by atoms with E-state index in [2.05, 4.69) is 10.1 Å². The second-order valence-electron chi connectivity index (χ2n) is 8.04. The number of hydrogen-bond donors (Lipinski definition) is 0. The van der Waals surface area contributed by atoms with Crippen molar-refractivity contribution in [2.45, 2.75) is 51.5 Å². The molecule has 154 valence electrons. The number of aryl methyl sites for hydroxylation is 2. The van der Waals surface area contributed by atoms with Gasteiger partial charge in [0.25, 0.3) is 0 Å². The highest BCUT2D eigenvalue weighted by Crippen LogP contribution is 2.24. The van der Waals surface area contributed by atoms with E-state index in [1.165, 1.54) is 12.1 Å². The first kappa shape index (κ1) is 19.6. The molecule has 0 spiro atoms. The van der Waals surface area contributed by atoms with Crippen LogP contribution < -0.4 is 0 Å². The van der Waals surface area contributed by atoms with Crippen LogP contribution in [0.5, 0.6) is 0 Å². The monoisotopic (exact) mass is 395 g/mol. The molecule has 0 N–H and O–H groups in total. The Balaban J connectivity index is 1.40. The van der Waals surface area contributed by atoms with Gasteiger partial charge in [0, 0.05) is 76.1 Å². The molecule has 2 aromatic rings. The zero-order valence-electron chi connectivity index (χ0n) is 17.1. The minimum Gasteiger partial charge on any atom is -0.343 e. The standard InChI is InChI=1S/C22H29N5O2/c1-25-20-9-13-27(22(29)14-17-6-5-10-23-15-17)16-18(20)19(24-25)7-8-21(28)26-11-3-2-4-12-26/h5-6,10,15H,2-4,7-9,11-14,16H2,1H3. The fraction of sp³-hybridized carbons (Fsp3) is 0.545. The molecule has 29 heavy (non-hydrogen) atoms. The van der Waals surface area contributed by atoms with Crippen molar-refractivity contribution in [3.05, 3.63) is 47.0 Å². The summed E-state index contributed by atoms with van der Waals surface area (Å²) in [5.41, 5.74) is 4.22. The zero-order chi connectivity index (χ0) is 20.2. The molecule has 0 radical (unpaired) electrons. The minimum absolute atomic E-state index is 0.114. The largest absolute Gasteiger partial charge is 0.343 e. The molecule has 0 unspecified atom stereocenters. The van der Waals surface area contributed by atoms with Gasteiger partial charge < -0.3 is 9.80 Å². The summed E-state index contributed by atoms with van der Waals surface area (Å²) in [7, 11) is 1.96. The van der Waals surface area contributed by atoms with Crippen molar-refractivity contribution in [3.63, 3.8) is 0 Å². The first-order valence-electron chi connectivity index (χ1n) is 10.6. The molecule has 2 aliphatic heterocycles. The smallest absolute Gasteiger partial charge is 0.227 e. The molecule has 2 amide bonds. The number of rotatable bonds is 5. The van der Waals surface area contributed by atoms with E-state index < -0.39 is 0 Å². The minimum atomic E-state index is 0.114. The first-order chi connectivity index (χ1) is 14.1. The molecule has 7 nitrogen and oxygen atoms in total. The van der Waals surface area contributed by atoms with Gasteiger partial charge in [-0.3, -0.25) is 19.3 Å². The van der Waals surface area contributed by atoms with E-state index in [4.69, 9.17) is 0 Å². The van der Waals surface area contributed by atoms with Crippen LogP contribution >= 0.6 is 0 Å². The number of hydrogen-bond acceptors (Lipinski definition) is 4. The van der Waals surface area contributed by atoms with Crippen LogP contribution in [0.25, 0.3) is 0 Å². The van der Waals surface area contributed by atoms with Crippen molar-refractivity contribution in [2.75, 3.05) is 19.6 Å². The van der Waals surface area contributed by atoms with Gasteiger partial charge in [-0.2, -0.15) is 5.10 Å². The van der Waals surface area contributed by atoms with E-state index in [1.807, 2.05) is 33.7 Å². The number of fused-ring (bicyclic) bond motifs is 1. The zero-order valence-corrected chi connectivity index (χ0v) is 17.1. The van der Waals surface area contributed by atoms with Crippen LogP contribution in [0, 0.1) is 0 Å².